The van der Waals surface area contributed by atoms with Crippen LogP contribution in [0.3, 0.4) is 0 Å². The predicted octanol–water partition coefficient (Wildman–Crippen LogP) is 2.86. The lowest BCUT2D eigenvalue weighted by Crippen LogP contribution is -2.13. The van der Waals surface area contributed by atoms with Crippen molar-refractivity contribution in [1.29, 1.82) is 0 Å². The summed E-state index contributed by atoms with van der Waals surface area (Å²) < 4.78 is 0. The first-order valence-corrected chi connectivity index (χ1v) is 6.55. The highest BCUT2D eigenvalue weighted by atomic mass is 16.4. The minimum Gasteiger partial charge on any atom is -0.478 e. The molecule has 0 aliphatic carbocycles. The average Bonchev–Trinajstić information content (AvgIpc) is 2.48. The molecular weight excluding hydrogens is 284 g/mol. The monoisotopic (exact) mass is 302 g/mol. The Morgan fingerprint density at radius 2 is 1.55 bits per heavy atom. The molecule has 6 heteroatoms. The van der Waals surface area contributed by atoms with E-state index in [0.717, 1.165) is 5.69 Å². The number of aromatic nitrogens is 2. The van der Waals surface area contributed by atoms with Crippen LogP contribution in [0.2, 0.25) is 0 Å². The fourth-order valence-electron chi connectivity index (χ4n) is 1.45. The van der Waals surface area contributed by atoms with E-state index >= 15 is 0 Å². The number of rotatable bonds is 2. The molecule has 0 atom stereocenters. The molecule has 0 radical (unpaired) electrons. The van der Waals surface area contributed by atoms with Crippen LogP contribution >= 0.6 is 0 Å². The number of carboxylic acids is 2. The molecule has 0 aromatic carbocycles. The Morgan fingerprint density at radius 1 is 0.955 bits per heavy atom. The molecule has 0 saturated heterocycles. The Morgan fingerprint density at radius 3 is 1.86 bits per heavy atom. The van der Waals surface area contributed by atoms with Crippen molar-refractivity contribution >= 4 is 11.9 Å². The van der Waals surface area contributed by atoms with E-state index in [4.69, 9.17) is 10.2 Å². The van der Waals surface area contributed by atoms with Crippen molar-refractivity contribution in [2.24, 2.45) is 0 Å². The molecule has 0 saturated carbocycles. The Bertz CT molecular complexity index is 631. The van der Waals surface area contributed by atoms with E-state index in [1.807, 2.05) is 20.8 Å². The summed E-state index contributed by atoms with van der Waals surface area (Å²) in [5, 5.41) is 17.0. The standard InChI is InChI=1S/C10H13NO2.C6H5NO2/c1-10(2,3)8-5-4-7(6-11-8)9(12)13;8-6(9)5-2-1-3-7-4-5/h4-6H,1-3H3,(H,12,13);1-4H,(H,8,9). The van der Waals surface area contributed by atoms with E-state index in [1.54, 1.807) is 18.2 Å². The zero-order chi connectivity index (χ0) is 16.8. The van der Waals surface area contributed by atoms with Gasteiger partial charge in [0.15, 0.2) is 0 Å². The number of carbonyl (C=O) groups is 2. The van der Waals surface area contributed by atoms with Crippen molar-refractivity contribution in [3.05, 3.63) is 59.7 Å². The fraction of sp³-hybridized carbons (Fsp3) is 0.250. The molecule has 6 nitrogen and oxygen atoms in total. The van der Waals surface area contributed by atoms with Gasteiger partial charge in [-0.15, -0.1) is 0 Å². The van der Waals surface area contributed by atoms with Crippen molar-refractivity contribution in [3.63, 3.8) is 0 Å². The van der Waals surface area contributed by atoms with Gasteiger partial charge >= 0.3 is 11.9 Å². The maximum absolute atomic E-state index is 10.5. The van der Waals surface area contributed by atoms with Gasteiger partial charge in [-0.2, -0.15) is 0 Å². The van der Waals surface area contributed by atoms with E-state index in [2.05, 4.69) is 9.97 Å². The second kappa shape index (κ2) is 7.31. The van der Waals surface area contributed by atoms with E-state index in [1.165, 1.54) is 24.7 Å². The fourth-order valence-corrected chi connectivity index (χ4v) is 1.45. The molecule has 0 bridgehead atoms. The Hall–Kier alpha value is -2.76. The minimum absolute atomic E-state index is 0.0307. The minimum atomic E-state index is -0.942. The van der Waals surface area contributed by atoms with Crippen LogP contribution in [0.15, 0.2) is 42.9 Å². The van der Waals surface area contributed by atoms with Crippen LogP contribution in [0.5, 0.6) is 0 Å². The van der Waals surface area contributed by atoms with E-state index in [9.17, 15) is 9.59 Å². The first kappa shape index (κ1) is 17.3. The van der Waals surface area contributed by atoms with Gasteiger partial charge in [0.05, 0.1) is 11.1 Å². The van der Waals surface area contributed by atoms with Gasteiger partial charge in [0.2, 0.25) is 0 Å². The van der Waals surface area contributed by atoms with Crippen molar-refractivity contribution in [1.82, 2.24) is 9.97 Å². The number of aromatic carboxylic acids is 2. The first-order valence-electron chi connectivity index (χ1n) is 6.55. The van der Waals surface area contributed by atoms with Crippen molar-refractivity contribution in [2.75, 3.05) is 0 Å². The van der Waals surface area contributed by atoms with Gasteiger partial charge in [0.25, 0.3) is 0 Å². The lowest BCUT2D eigenvalue weighted by molar-refractivity contribution is 0.0685. The topological polar surface area (TPSA) is 100 Å². The maximum atomic E-state index is 10.5. The molecule has 0 aliphatic rings. The first-order chi connectivity index (χ1) is 10.2. The van der Waals surface area contributed by atoms with Crippen LogP contribution in [0.4, 0.5) is 0 Å². The molecule has 2 N–H and O–H groups in total. The number of pyridine rings is 2. The van der Waals surface area contributed by atoms with Gasteiger partial charge < -0.3 is 10.2 Å². The van der Waals surface area contributed by atoms with E-state index < -0.39 is 11.9 Å². The summed E-state index contributed by atoms with van der Waals surface area (Å²) in [5.41, 5.74) is 1.32. The van der Waals surface area contributed by atoms with Gasteiger partial charge in [0.1, 0.15) is 0 Å². The second-order valence-electron chi connectivity index (χ2n) is 5.53. The molecular formula is C16H18N2O4. The quantitative estimate of drug-likeness (QED) is 0.884. The van der Waals surface area contributed by atoms with Gasteiger partial charge in [-0.05, 0) is 24.3 Å². The third kappa shape index (κ3) is 5.32. The highest BCUT2D eigenvalue weighted by Crippen LogP contribution is 2.19. The van der Waals surface area contributed by atoms with Crippen LogP contribution in [0.1, 0.15) is 47.2 Å². The van der Waals surface area contributed by atoms with E-state index in [0.29, 0.717) is 0 Å². The average molecular weight is 302 g/mol. The summed E-state index contributed by atoms with van der Waals surface area (Å²) in [7, 11) is 0. The smallest absolute Gasteiger partial charge is 0.337 e. The van der Waals surface area contributed by atoms with Gasteiger partial charge in [0, 0.05) is 29.7 Å². The molecule has 0 amide bonds. The largest absolute Gasteiger partial charge is 0.478 e. The van der Waals surface area contributed by atoms with Gasteiger partial charge in [-0.3, -0.25) is 9.97 Å². The molecule has 22 heavy (non-hydrogen) atoms. The lowest BCUT2D eigenvalue weighted by Gasteiger charge is -2.16. The highest BCUT2D eigenvalue weighted by Gasteiger charge is 2.15. The predicted molar refractivity (Wildman–Crippen MR) is 81.1 cm³/mol. The lowest BCUT2D eigenvalue weighted by atomic mass is 9.91. The molecule has 2 aromatic heterocycles. The van der Waals surface area contributed by atoms with Crippen LogP contribution in [0.25, 0.3) is 0 Å². The van der Waals surface area contributed by atoms with Crippen molar-refractivity contribution in [3.8, 4) is 0 Å². The molecule has 116 valence electrons. The summed E-state index contributed by atoms with van der Waals surface area (Å²) in [5.74, 6) is -1.88. The van der Waals surface area contributed by atoms with E-state index in [-0.39, 0.29) is 16.5 Å². The third-order valence-corrected chi connectivity index (χ3v) is 2.69. The van der Waals surface area contributed by atoms with Crippen molar-refractivity contribution < 1.29 is 19.8 Å². The zero-order valence-corrected chi connectivity index (χ0v) is 12.6. The summed E-state index contributed by atoms with van der Waals surface area (Å²) in [4.78, 5) is 28.4. The van der Waals surface area contributed by atoms with Crippen LogP contribution < -0.4 is 0 Å². The molecule has 2 heterocycles. The third-order valence-electron chi connectivity index (χ3n) is 2.69. The normalized spacial score (nSPS) is 10.3. The number of hydrogen-bond acceptors (Lipinski definition) is 4. The Balaban J connectivity index is 0.000000235. The Labute approximate surface area is 128 Å². The number of hydrogen-bond donors (Lipinski definition) is 2. The molecule has 0 aliphatic heterocycles. The molecule has 0 unspecified atom stereocenters. The zero-order valence-electron chi connectivity index (χ0n) is 12.6. The molecule has 2 aromatic rings. The van der Waals surface area contributed by atoms with Crippen LogP contribution in [-0.2, 0) is 5.41 Å². The Kier molecular flexibility index (Phi) is 5.74. The van der Waals surface area contributed by atoms with Crippen LogP contribution in [0, 0.1) is 0 Å². The molecule has 0 fully saturated rings. The molecule has 0 spiro atoms. The summed E-state index contributed by atoms with van der Waals surface area (Å²) in [6.07, 6.45) is 4.23. The number of nitrogens with zero attached hydrogens (tertiary/aromatic N) is 2. The van der Waals surface area contributed by atoms with Gasteiger partial charge in [-0.1, -0.05) is 20.8 Å². The maximum Gasteiger partial charge on any atom is 0.337 e. The summed E-state index contributed by atoms with van der Waals surface area (Å²) in [6, 6.07) is 6.41. The van der Waals surface area contributed by atoms with Gasteiger partial charge in [-0.25, -0.2) is 9.59 Å². The van der Waals surface area contributed by atoms with Crippen LogP contribution in [-0.4, -0.2) is 32.1 Å². The number of carboxylic acid groups (broad SMARTS) is 2. The summed E-state index contributed by atoms with van der Waals surface area (Å²) >= 11 is 0. The molecule has 2 rings (SSSR count). The second-order valence-corrected chi connectivity index (χ2v) is 5.53. The summed E-state index contributed by atoms with van der Waals surface area (Å²) in [6.45, 7) is 6.11. The highest BCUT2D eigenvalue weighted by molar-refractivity contribution is 5.87. The van der Waals surface area contributed by atoms with Crippen molar-refractivity contribution in [2.45, 2.75) is 26.2 Å². The SMILES string of the molecule is CC(C)(C)c1ccc(C(=O)O)cn1.O=C(O)c1cccnc1.